The van der Waals surface area contributed by atoms with Gasteiger partial charge in [-0.05, 0) is 63.6 Å². The van der Waals surface area contributed by atoms with Crippen molar-refractivity contribution in [2.24, 2.45) is 0 Å². The van der Waals surface area contributed by atoms with Crippen LogP contribution in [0.2, 0.25) is 0 Å². The quantitative estimate of drug-likeness (QED) is 0.229. The molecule has 4 rings (SSSR count). The van der Waals surface area contributed by atoms with Gasteiger partial charge in [0, 0.05) is 47.4 Å². The first-order chi connectivity index (χ1) is 18.2. The van der Waals surface area contributed by atoms with Crippen LogP contribution in [-0.4, -0.2) is 53.1 Å². The molecule has 0 amide bonds. The van der Waals surface area contributed by atoms with Gasteiger partial charge in [-0.15, -0.1) is 21.1 Å². The Hall–Kier alpha value is -3.13. The number of anilines is 2. The van der Waals surface area contributed by atoms with Crippen molar-refractivity contribution >= 4 is 33.7 Å². The van der Waals surface area contributed by atoms with Gasteiger partial charge < -0.3 is 14.5 Å². The summed E-state index contributed by atoms with van der Waals surface area (Å²) >= 11 is 1.82. The fourth-order valence-corrected chi connectivity index (χ4v) is 5.80. The van der Waals surface area contributed by atoms with Gasteiger partial charge in [0.05, 0.1) is 23.4 Å². The Morgan fingerprint density at radius 3 is 2.34 bits per heavy atom. The Bertz CT molecular complexity index is 1410. The molecule has 4 aromatic rings. The van der Waals surface area contributed by atoms with Crippen molar-refractivity contribution in [1.29, 1.82) is 0 Å². The van der Waals surface area contributed by atoms with E-state index in [4.69, 9.17) is 19.9 Å². The summed E-state index contributed by atoms with van der Waals surface area (Å²) in [5.41, 5.74) is 3.62. The van der Waals surface area contributed by atoms with Crippen LogP contribution in [0, 0.1) is 0 Å². The molecule has 0 aliphatic heterocycles. The van der Waals surface area contributed by atoms with Gasteiger partial charge in [-0.25, -0.2) is 4.98 Å². The third-order valence-electron chi connectivity index (χ3n) is 6.92. The molecule has 0 unspecified atom stereocenters. The summed E-state index contributed by atoms with van der Waals surface area (Å²) in [6, 6.07) is 10.7. The maximum Gasteiger partial charge on any atom is 0.187 e. The van der Waals surface area contributed by atoms with Crippen LogP contribution in [0.4, 0.5) is 10.7 Å². The number of hydrogen-bond acceptors (Lipinski definition) is 7. The standard InChI is InChI=1S/C30H42N6OS/c1-9-13-18-35(12-4)26-17-15-22(38-26)20-24-27(30(5,6)7)32-36-29(24)31-28(33-36)23-19-21(34(10-2)11-3)14-16-25(23)37-8/h14-17,19-20H,9-13,18H2,1-8H3. The second kappa shape index (κ2) is 11.7. The minimum atomic E-state index is -0.147. The minimum absolute atomic E-state index is 0.147. The molecule has 204 valence electrons. The number of aromatic nitrogens is 4. The van der Waals surface area contributed by atoms with Crippen LogP contribution in [0.1, 0.15) is 71.9 Å². The molecule has 0 bridgehead atoms. The Morgan fingerprint density at radius 1 is 0.974 bits per heavy atom. The Morgan fingerprint density at radius 2 is 1.71 bits per heavy atom. The second-order valence-electron chi connectivity index (χ2n) is 10.6. The largest absolute Gasteiger partial charge is 0.496 e. The molecule has 0 atom stereocenters. The van der Waals surface area contributed by atoms with Gasteiger partial charge in [-0.2, -0.15) is 5.10 Å². The zero-order valence-corrected chi connectivity index (χ0v) is 25.0. The van der Waals surface area contributed by atoms with Crippen LogP contribution in [0.3, 0.4) is 0 Å². The molecule has 0 spiro atoms. The predicted octanol–water partition coefficient (Wildman–Crippen LogP) is 6.18. The third-order valence-corrected chi connectivity index (χ3v) is 8.01. The van der Waals surface area contributed by atoms with Crippen molar-refractivity contribution in [3.63, 3.8) is 0 Å². The SMILES string of the molecule is CCCCN(CC)c1ccc(C=c2c(C(C)(C)C)nn3nc(-c4cc(N(CC)CC)ccc4OC)nc23)s1. The van der Waals surface area contributed by atoms with Gasteiger partial charge in [0.15, 0.2) is 11.5 Å². The normalized spacial score (nSPS) is 12.5. The number of methoxy groups -OCH3 is 1. The van der Waals surface area contributed by atoms with Gasteiger partial charge in [0.25, 0.3) is 0 Å². The average Bonchev–Trinajstić information content (AvgIpc) is 3.61. The first kappa shape index (κ1) is 27.9. The van der Waals surface area contributed by atoms with E-state index in [-0.39, 0.29) is 5.41 Å². The summed E-state index contributed by atoms with van der Waals surface area (Å²) in [6.07, 6.45) is 4.63. The first-order valence-corrected chi connectivity index (χ1v) is 14.6. The molecular formula is C30H42N6OS. The fraction of sp³-hybridized carbons (Fsp3) is 0.500. The van der Waals surface area contributed by atoms with Crippen LogP contribution >= 0.6 is 11.3 Å². The Kier molecular flexibility index (Phi) is 8.61. The smallest absolute Gasteiger partial charge is 0.187 e. The van der Waals surface area contributed by atoms with Crippen LogP contribution in [-0.2, 0) is 5.41 Å². The number of unbranched alkanes of at least 4 members (excludes halogenated alkanes) is 1. The zero-order chi connectivity index (χ0) is 27.4. The summed E-state index contributed by atoms with van der Waals surface area (Å²) in [5, 5.41) is 12.1. The third kappa shape index (κ3) is 5.65. The van der Waals surface area contributed by atoms with E-state index in [9.17, 15) is 0 Å². The molecule has 7 nitrogen and oxygen atoms in total. The van der Waals surface area contributed by atoms with Crippen molar-refractivity contribution in [2.45, 2.75) is 66.7 Å². The second-order valence-corrected chi connectivity index (χ2v) is 11.7. The molecule has 38 heavy (non-hydrogen) atoms. The number of fused-ring (bicyclic) bond motifs is 1. The highest BCUT2D eigenvalue weighted by molar-refractivity contribution is 7.16. The molecule has 0 saturated carbocycles. The summed E-state index contributed by atoms with van der Waals surface area (Å²) in [6.45, 7) is 19.3. The van der Waals surface area contributed by atoms with Crippen LogP contribution < -0.4 is 19.8 Å². The van der Waals surface area contributed by atoms with Crippen LogP contribution in [0.25, 0.3) is 23.1 Å². The summed E-state index contributed by atoms with van der Waals surface area (Å²) < 4.78 is 7.40. The van der Waals surface area contributed by atoms with Crippen LogP contribution in [0.5, 0.6) is 5.75 Å². The maximum atomic E-state index is 5.70. The zero-order valence-electron chi connectivity index (χ0n) is 24.2. The lowest BCUT2D eigenvalue weighted by Gasteiger charge is -2.22. The van der Waals surface area contributed by atoms with E-state index in [0.717, 1.165) is 59.7 Å². The molecule has 0 fully saturated rings. The number of benzene rings is 1. The van der Waals surface area contributed by atoms with E-state index in [2.05, 4.69) is 88.6 Å². The van der Waals surface area contributed by atoms with Crippen LogP contribution in [0.15, 0.2) is 30.3 Å². The summed E-state index contributed by atoms with van der Waals surface area (Å²) in [4.78, 5) is 11.0. The van der Waals surface area contributed by atoms with E-state index in [0.29, 0.717) is 5.82 Å². The Labute approximate surface area is 231 Å². The van der Waals surface area contributed by atoms with E-state index < -0.39 is 0 Å². The van der Waals surface area contributed by atoms with Gasteiger partial charge in [-0.3, -0.25) is 0 Å². The topological polar surface area (TPSA) is 58.8 Å². The van der Waals surface area contributed by atoms with E-state index in [1.807, 2.05) is 17.4 Å². The molecule has 8 heteroatoms. The fourth-order valence-electron chi connectivity index (χ4n) is 4.76. The molecule has 3 aromatic heterocycles. The van der Waals surface area contributed by atoms with Crippen molar-refractivity contribution in [1.82, 2.24) is 19.8 Å². The highest BCUT2D eigenvalue weighted by Gasteiger charge is 2.24. The van der Waals surface area contributed by atoms with Crippen molar-refractivity contribution < 1.29 is 4.74 Å². The number of thiophene rings is 1. The molecule has 1 aromatic carbocycles. The average molecular weight is 535 g/mol. The number of hydrogen-bond donors (Lipinski definition) is 0. The van der Waals surface area contributed by atoms with Gasteiger partial charge >= 0.3 is 0 Å². The highest BCUT2D eigenvalue weighted by atomic mass is 32.1. The minimum Gasteiger partial charge on any atom is -0.496 e. The molecular weight excluding hydrogens is 492 g/mol. The predicted molar refractivity (Wildman–Crippen MR) is 161 cm³/mol. The number of nitrogens with zero attached hydrogens (tertiary/aromatic N) is 6. The van der Waals surface area contributed by atoms with E-state index in [1.165, 1.54) is 22.7 Å². The molecule has 0 N–H and O–H groups in total. The highest BCUT2D eigenvalue weighted by Crippen LogP contribution is 2.33. The lowest BCUT2D eigenvalue weighted by molar-refractivity contribution is 0.416. The Balaban J connectivity index is 1.83. The number of ether oxygens (including phenoxy) is 1. The van der Waals surface area contributed by atoms with E-state index >= 15 is 0 Å². The molecule has 0 radical (unpaired) electrons. The molecule has 3 heterocycles. The summed E-state index contributed by atoms with van der Waals surface area (Å²) in [7, 11) is 1.69. The maximum absolute atomic E-state index is 5.70. The van der Waals surface area contributed by atoms with Crippen molar-refractivity contribution in [3.8, 4) is 17.1 Å². The first-order valence-electron chi connectivity index (χ1n) is 13.8. The van der Waals surface area contributed by atoms with Gasteiger partial charge in [-0.1, -0.05) is 34.1 Å². The summed E-state index contributed by atoms with van der Waals surface area (Å²) in [5.74, 6) is 1.38. The van der Waals surface area contributed by atoms with E-state index in [1.54, 1.807) is 11.7 Å². The number of rotatable bonds is 11. The lowest BCUT2D eigenvalue weighted by atomic mass is 9.91. The monoisotopic (exact) mass is 534 g/mol. The van der Waals surface area contributed by atoms with Gasteiger partial charge in [0.2, 0.25) is 0 Å². The lowest BCUT2D eigenvalue weighted by Crippen LogP contribution is -2.22. The molecule has 0 aliphatic rings. The van der Waals surface area contributed by atoms with Crippen molar-refractivity contribution in [2.75, 3.05) is 43.1 Å². The van der Waals surface area contributed by atoms with Crippen molar-refractivity contribution in [3.05, 3.63) is 46.1 Å². The molecule has 0 aliphatic carbocycles. The molecule has 0 saturated heterocycles. The van der Waals surface area contributed by atoms with Gasteiger partial charge in [0.1, 0.15) is 5.75 Å².